The van der Waals surface area contributed by atoms with Crippen molar-refractivity contribution in [3.8, 4) is 17.3 Å². The summed E-state index contributed by atoms with van der Waals surface area (Å²) in [5.74, 6) is -3.61. The maximum absolute atomic E-state index is 13.6. The second-order valence-electron chi connectivity index (χ2n) is 6.17. The van der Waals surface area contributed by atoms with Crippen LogP contribution in [0.15, 0.2) is 36.4 Å². The van der Waals surface area contributed by atoms with Crippen molar-refractivity contribution in [3.05, 3.63) is 47.8 Å². The Morgan fingerprint density at radius 2 is 1.83 bits per heavy atom. The molecule has 2 aromatic heterocycles. The summed E-state index contributed by atoms with van der Waals surface area (Å²) in [6.07, 6.45) is 1.76. The number of fused-ring (bicyclic) bond motifs is 1. The zero-order valence-electron chi connectivity index (χ0n) is 12.9. The summed E-state index contributed by atoms with van der Waals surface area (Å²) in [6, 6.07) is 13.2. The van der Waals surface area contributed by atoms with Gasteiger partial charge >= 0.3 is 5.92 Å². The van der Waals surface area contributed by atoms with Crippen LogP contribution in [0.3, 0.4) is 0 Å². The molecular weight excluding hydrogens is 312 g/mol. The van der Waals surface area contributed by atoms with E-state index in [0.29, 0.717) is 5.69 Å². The zero-order chi connectivity index (χ0) is 16.9. The molecule has 1 fully saturated rings. The van der Waals surface area contributed by atoms with E-state index in [9.17, 15) is 14.0 Å². The van der Waals surface area contributed by atoms with Crippen LogP contribution in [0.4, 0.5) is 8.78 Å². The average Bonchev–Trinajstić information content (AvgIpc) is 3.25. The maximum Gasteiger partial charge on any atom is 0.305 e. The molecule has 0 amide bonds. The number of benzene rings is 1. The normalized spacial score (nSPS) is 16.1. The molecule has 0 aliphatic heterocycles. The van der Waals surface area contributed by atoms with Gasteiger partial charge in [0.25, 0.3) is 0 Å². The summed E-state index contributed by atoms with van der Waals surface area (Å²) in [5, 5.41) is 20.7. The monoisotopic (exact) mass is 325 g/mol. The van der Waals surface area contributed by atoms with E-state index >= 15 is 0 Å². The molecular formula is C17H13F2N5. The minimum absolute atomic E-state index is 0.272. The molecule has 7 heteroatoms. The molecule has 0 N–H and O–H groups in total. The number of halogens is 2. The molecule has 0 atom stereocenters. The third kappa shape index (κ3) is 2.22. The van der Waals surface area contributed by atoms with Crippen molar-refractivity contribution in [2.75, 3.05) is 0 Å². The van der Waals surface area contributed by atoms with Crippen LogP contribution < -0.4 is 0 Å². The van der Waals surface area contributed by atoms with Crippen LogP contribution in [0.25, 0.3) is 16.9 Å². The van der Waals surface area contributed by atoms with Gasteiger partial charge in [-0.15, -0.1) is 10.2 Å². The van der Waals surface area contributed by atoms with Crippen molar-refractivity contribution in [2.24, 2.45) is 0 Å². The number of rotatable bonds is 3. The zero-order valence-corrected chi connectivity index (χ0v) is 12.9. The Morgan fingerprint density at radius 3 is 2.42 bits per heavy atom. The standard InChI is InChI=1S/C17H13F2N5/c1-16(18,19)15-22-21-14-7-6-13(23-24(14)15)11-2-4-12(5-3-11)17(10-20)8-9-17/h2-7H,8-9H2,1H3. The fraction of sp³-hybridized carbons (Fsp3) is 0.294. The molecule has 0 saturated heterocycles. The molecule has 2 heterocycles. The van der Waals surface area contributed by atoms with E-state index in [1.807, 2.05) is 24.3 Å². The van der Waals surface area contributed by atoms with Gasteiger partial charge in [0, 0.05) is 12.5 Å². The van der Waals surface area contributed by atoms with Crippen LogP contribution in [-0.4, -0.2) is 19.8 Å². The largest absolute Gasteiger partial charge is 0.305 e. The highest BCUT2D eigenvalue weighted by molar-refractivity contribution is 5.61. The Morgan fingerprint density at radius 1 is 1.12 bits per heavy atom. The van der Waals surface area contributed by atoms with E-state index in [4.69, 9.17) is 0 Å². The van der Waals surface area contributed by atoms with Crippen LogP contribution in [0.5, 0.6) is 0 Å². The van der Waals surface area contributed by atoms with Crippen molar-refractivity contribution < 1.29 is 8.78 Å². The molecule has 0 unspecified atom stereocenters. The fourth-order valence-electron chi connectivity index (χ4n) is 2.77. The second-order valence-corrected chi connectivity index (χ2v) is 6.17. The first-order valence-electron chi connectivity index (χ1n) is 7.56. The van der Waals surface area contributed by atoms with Crippen molar-refractivity contribution in [2.45, 2.75) is 31.1 Å². The van der Waals surface area contributed by atoms with Crippen molar-refractivity contribution in [1.82, 2.24) is 19.8 Å². The molecule has 4 rings (SSSR count). The van der Waals surface area contributed by atoms with Crippen LogP contribution in [0.1, 0.15) is 31.2 Å². The molecule has 120 valence electrons. The van der Waals surface area contributed by atoms with Gasteiger partial charge in [-0.2, -0.15) is 23.7 Å². The van der Waals surface area contributed by atoms with Gasteiger partial charge in [0.1, 0.15) is 0 Å². The van der Waals surface area contributed by atoms with Gasteiger partial charge in [0.15, 0.2) is 5.65 Å². The lowest BCUT2D eigenvalue weighted by atomic mass is 9.96. The summed E-state index contributed by atoms with van der Waals surface area (Å²) in [5.41, 5.74) is 2.24. The molecule has 1 aliphatic rings. The molecule has 3 aromatic rings. The minimum atomic E-state index is -3.12. The Labute approximate surface area is 136 Å². The number of hydrogen-bond donors (Lipinski definition) is 0. The summed E-state index contributed by atoms with van der Waals surface area (Å²) in [4.78, 5) is 0. The highest BCUT2D eigenvalue weighted by Gasteiger charge is 2.44. The molecule has 0 bridgehead atoms. The highest BCUT2D eigenvalue weighted by atomic mass is 19.3. The van der Waals surface area contributed by atoms with Gasteiger partial charge in [-0.1, -0.05) is 24.3 Å². The fourth-order valence-corrected chi connectivity index (χ4v) is 2.77. The Kier molecular flexibility index (Phi) is 2.94. The van der Waals surface area contributed by atoms with Crippen LogP contribution in [0.2, 0.25) is 0 Å². The van der Waals surface area contributed by atoms with Crippen molar-refractivity contribution in [3.63, 3.8) is 0 Å². The second kappa shape index (κ2) is 4.81. The smallest absolute Gasteiger partial charge is 0.198 e. The molecule has 24 heavy (non-hydrogen) atoms. The van der Waals surface area contributed by atoms with Gasteiger partial charge in [-0.3, -0.25) is 0 Å². The summed E-state index contributed by atoms with van der Waals surface area (Å²) in [7, 11) is 0. The Balaban J connectivity index is 1.75. The molecule has 1 saturated carbocycles. The molecule has 0 spiro atoms. The lowest BCUT2D eigenvalue weighted by Crippen LogP contribution is -2.14. The minimum Gasteiger partial charge on any atom is -0.198 e. The first-order chi connectivity index (χ1) is 11.4. The van der Waals surface area contributed by atoms with E-state index in [0.717, 1.165) is 35.4 Å². The van der Waals surface area contributed by atoms with E-state index < -0.39 is 11.7 Å². The van der Waals surface area contributed by atoms with Gasteiger partial charge in [0.2, 0.25) is 5.82 Å². The van der Waals surface area contributed by atoms with E-state index in [1.54, 1.807) is 12.1 Å². The third-order valence-corrected chi connectivity index (χ3v) is 4.35. The van der Waals surface area contributed by atoms with E-state index in [1.165, 1.54) is 0 Å². The summed E-state index contributed by atoms with van der Waals surface area (Å²) >= 11 is 0. The Hall–Kier alpha value is -2.88. The van der Waals surface area contributed by atoms with Gasteiger partial charge in [0.05, 0.1) is 17.2 Å². The van der Waals surface area contributed by atoms with Crippen molar-refractivity contribution >= 4 is 5.65 Å². The van der Waals surface area contributed by atoms with E-state index in [-0.39, 0.29) is 11.1 Å². The lowest BCUT2D eigenvalue weighted by molar-refractivity contribution is 0.00564. The SMILES string of the molecule is CC(F)(F)c1nnc2ccc(-c3ccc(C4(C#N)CC4)cc3)nn12. The van der Waals surface area contributed by atoms with Gasteiger partial charge in [-0.25, -0.2) is 0 Å². The predicted octanol–water partition coefficient (Wildman–Crippen LogP) is 3.46. The molecule has 0 radical (unpaired) electrons. The van der Waals surface area contributed by atoms with Crippen LogP contribution in [0, 0.1) is 11.3 Å². The number of alkyl halides is 2. The molecule has 5 nitrogen and oxygen atoms in total. The maximum atomic E-state index is 13.6. The first kappa shape index (κ1) is 14.7. The molecule has 1 aromatic carbocycles. The first-order valence-corrected chi connectivity index (χ1v) is 7.56. The summed E-state index contributed by atoms with van der Waals surface area (Å²) in [6.45, 7) is 0.767. The lowest BCUT2D eigenvalue weighted by Gasteiger charge is -2.09. The topological polar surface area (TPSA) is 66.9 Å². The number of nitriles is 1. The van der Waals surface area contributed by atoms with Gasteiger partial charge < -0.3 is 0 Å². The number of hydrogen-bond acceptors (Lipinski definition) is 4. The summed E-state index contributed by atoms with van der Waals surface area (Å²) < 4.78 is 28.2. The van der Waals surface area contributed by atoms with Crippen LogP contribution in [-0.2, 0) is 11.3 Å². The Bertz CT molecular complexity index is 959. The third-order valence-electron chi connectivity index (χ3n) is 4.35. The highest BCUT2D eigenvalue weighted by Crippen LogP contribution is 2.47. The average molecular weight is 325 g/mol. The predicted molar refractivity (Wildman–Crippen MR) is 82.3 cm³/mol. The van der Waals surface area contributed by atoms with E-state index in [2.05, 4.69) is 21.4 Å². The van der Waals surface area contributed by atoms with Crippen molar-refractivity contribution in [1.29, 1.82) is 5.26 Å². The number of aromatic nitrogens is 4. The van der Waals surface area contributed by atoms with Gasteiger partial charge in [-0.05, 0) is 30.5 Å². The molecule has 1 aliphatic carbocycles. The van der Waals surface area contributed by atoms with Crippen LogP contribution >= 0.6 is 0 Å². The quantitative estimate of drug-likeness (QED) is 0.739. The number of nitrogens with zero attached hydrogens (tertiary/aromatic N) is 5.